The number of pyridine rings is 1. The standard InChI is InChI=1S/C13H14FN/c1-2-3-5-10-8-11-6-4-7-12(14)13(11)15-9-10/h4,6-9H,2-3,5H2,1H3. The second-order valence-corrected chi connectivity index (χ2v) is 3.76. The van der Waals surface area contributed by atoms with Gasteiger partial charge in [0.05, 0.1) is 0 Å². The predicted octanol–water partition coefficient (Wildman–Crippen LogP) is 3.72. The van der Waals surface area contributed by atoms with E-state index in [1.807, 2.05) is 12.1 Å². The van der Waals surface area contributed by atoms with Crippen molar-refractivity contribution < 1.29 is 4.39 Å². The minimum Gasteiger partial charge on any atom is -0.253 e. The molecule has 0 atom stereocenters. The van der Waals surface area contributed by atoms with Gasteiger partial charge in [0.25, 0.3) is 0 Å². The van der Waals surface area contributed by atoms with Gasteiger partial charge in [0.2, 0.25) is 0 Å². The molecule has 2 heteroatoms. The molecule has 1 aromatic heterocycles. The number of aryl methyl sites for hydroxylation is 1. The van der Waals surface area contributed by atoms with Crippen LogP contribution in [-0.2, 0) is 6.42 Å². The number of halogens is 1. The van der Waals surface area contributed by atoms with Crippen molar-refractivity contribution in [3.05, 3.63) is 41.8 Å². The van der Waals surface area contributed by atoms with Crippen LogP contribution in [0.2, 0.25) is 0 Å². The van der Waals surface area contributed by atoms with Crippen molar-refractivity contribution in [2.45, 2.75) is 26.2 Å². The summed E-state index contributed by atoms with van der Waals surface area (Å²) in [5.74, 6) is -0.241. The summed E-state index contributed by atoms with van der Waals surface area (Å²) in [5.41, 5.74) is 1.66. The lowest BCUT2D eigenvalue weighted by atomic mass is 10.1. The number of benzene rings is 1. The van der Waals surface area contributed by atoms with E-state index in [4.69, 9.17) is 0 Å². The molecule has 0 bridgehead atoms. The number of hydrogen-bond acceptors (Lipinski definition) is 1. The van der Waals surface area contributed by atoms with Gasteiger partial charge in [0.1, 0.15) is 11.3 Å². The van der Waals surface area contributed by atoms with Gasteiger partial charge in [-0.1, -0.05) is 25.5 Å². The minimum atomic E-state index is -0.241. The molecule has 78 valence electrons. The Kier molecular flexibility index (Phi) is 2.95. The van der Waals surface area contributed by atoms with Crippen LogP contribution in [-0.4, -0.2) is 4.98 Å². The van der Waals surface area contributed by atoms with E-state index in [2.05, 4.69) is 11.9 Å². The third-order valence-corrected chi connectivity index (χ3v) is 2.54. The molecule has 0 saturated carbocycles. The molecule has 0 spiro atoms. The van der Waals surface area contributed by atoms with Crippen LogP contribution in [0.5, 0.6) is 0 Å². The van der Waals surface area contributed by atoms with Crippen LogP contribution in [0.15, 0.2) is 30.5 Å². The Bertz CT molecular complexity index is 465. The average Bonchev–Trinajstić information content (AvgIpc) is 2.26. The first kappa shape index (κ1) is 10.1. The highest BCUT2D eigenvalue weighted by Gasteiger charge is 2.02. The Morgan fingerprint density at radius 2 is 2.20 bits per heavy atom. The van der Waals surface area contributed by atoms with Crippen molar-refractivity contribution in [1.82, 2.24) is 4.98 Å². The molecule has 0 fully saturated rings. The van der Waals surface area contributed by atoms with Gasteiger partial charge in [-0.05, 0) is 30.5 Å². The van der Waals surface area contributed by atoms with Crippen molar-refractivity contribution in [2.24, 2.45) is 0 Å². The number of hydrogen-bond donors (Lipinski definition) is 0. The summed E-state index contributed by atoms with van der Waals surface area (Å²) >= 11 is 0. The molecule has 0 aliphatic carbocycles. The van der Waals surface area contributed by atoms with E-state index in [0.717, 1.165) is 18.2 Å². The third-order valence-electron chi connectivity index (χ3n) is 2.54. The smallest absolute Gasteiger partial charge is 0.149 e. The van der Waals surface area contributed by atoms with E-state index >= 15 is 0 Å². The quantitative estimate of drug-likeness (QED) is 0.741. The summed E-state index contributed by atoms with van der Waals surface area (Å²) < 4.78 is 13.3. The minimum absolute atomic E-state index is 0.241. The fraction of sp³-hybridized carbons (Fsp3) is 0.308. The summed E-state index contributed by atoms with van der Waals surface area (Å²) in [6.45, 7) is 2.16. The van der Waals surface area contributed by atoms with E-state index in [1.165, 1.54) is 18.1 Å². The average molecular weight is 203 g/mol. The van der Waals surface area contributed by atoms with Crippen molar-refractivity contribution in [3.63, 3.8) is 0 Å². The third kappa shape index (κ3) is 2.14. The molecule has 1 aromatic carbocycles. The first-order valence-electron chi connectivity index (χ1n) is 5.34. The normalized spacial score (nSPS) is 10.8. The molecular weight excluding hydrogens is 189 g/mol. The fourth-order valence-corrected chi connectivity index (χ4v) is 1.69. The van der Waals surface area contributed by atoms with Gasteiger partial charge in [-0.3, -0.25) is 4.98 Å². The van der Waals surface area contributed by atoms with Gasteiger partial charge < -0.3 is 0 Å². The van der Waals surface area contributed by atoms with Crippen molar-refractivity contribution in [1.29, 1.82) is 0 Å². The zero-order valence-corrected chi connectivity index (χ0v) is 8.83. The molecule has 2 rings (SSSR count). The topological polar surface area (TPSA) is 12.9 Å². The molecule has 0 unspecified atom stereocenters. The van der Waals surface area contributed by atoms with Crippen LogP contribution in [0, 0.1) is 5.82 Å². The molecule has 0 saturated heterocycles. The number of fused-ring (bicyclic) bond motifs is 1. The van der Waals surface area contributed by atoms with E-state index in [0.29, 0.717) is 5.52 Å². The van der Waals surface area contributed by atoms with Gasteiger partial charge in [0.15, 0.2) is 0 Å². The molecular formula is C13H14FN. The highest BCUT2D eigenvalue weighted by atomic mass is 19.1. The maximum atomic E-state index is 13.3. The summed E-state index contributed by atoms with van der Waals surface area (Å²) in [6.07, 6.45) is 5.13. The second-order valence-electron chi connectivity index (χ2n) is 3.76. The number of unbranched alkanes of at least 4 members (excludes halogenated alkanes) is 1. The molecule has 2 aromatic rings. The van der Waals surface area contributed by atoms with Gasteiger partial charge in [-0.2, -0.15) is 0 Å². The largest absolute Gasteiger partial charge is 0.253 e. The van der Waals surface area contributed by atoms with Crippen molar-refractivity contribution >= 4 is 10.9 Å². The number of rotatable bonds is 3. The van der Waals surface area contributed by atoms with Gasteiger partial charge in [-0.25, -0.2) is 4.39 Å². The molecule has 0 radical (unpaired) electrons. The van der Waals surface area contributed by atoms with E-state index < -0.39 is 0 Å². The van der Waals surface area contributed by atoms with Crippen molar-refractivity contribution in [2.75, 3.05) is 0 Å². The highest BCUT2D eigenvalue weighted by molar-refractivity contribution is 5.79. The van der Waals surface area contributed by atoms with E-state index in [1.54, 1.807) is 12.3 Å². The lowest BCUT2D eigenvalue weighted by Crippen LogP contribution is -1.89. The van der Waals surface area contributed by atoms with E-state index in [9.17, 15) is 4.39 Å². The molecule has 1 nitrogen and oxygen atoms in total. The molecule has 0 N–H and O–H groups in total. The lowest BCUT2D eigenvalue weighted by Gasteiger charge is -2.02. The Morgan fingerprint density at radius 1 is 1.33 bits per heavy atom. The van der Waals surface area contributed by atoms with Gasteiger partial charge in [-0.15, -0.1) is 0 Å². The Hall–Kier alpha value is -1.44. The number of aromatic nitrogens is 1. The summed E-state index contributed by atoms with van der Waals surface area (Å²) in [4.78, 5) is 4.16. The predicted molar refractivity (Wildman–Crippen MR) is 60.3 cm³/mol. The summed E-state index contributed by atoms with van der Waals surface area (Å²) in [7, 11) is 0. The maximum absolute atomic E-state index is 13.3. The number of nitrogens with zero attached hydrogens (tertiary/aromatic N) is 1. The summed E-state index contributed by atoms with van der Waals surface area (Å²) in [5, 5.41) is 0.892. The Morgan fingerprint density at radius 3 is 3.00 bits per heavy atom. The summed E-state index contributed by atoms with van der Waals surface area (Å²) in [6, 6.07) is 7.10. The van der Waals surface area contributed by atoms with Crippen LogP contribution in [0.3, 0.4) is 0 Å². The molecule has 15 heavy (non-hydrogen) atoms. The van der Waals surface area contributed by atoms with Crippen LogP contribution in [0.1, 0.15) is 25.3 Å². The molecule has 1 heterocycles. The van der Waals surface area contributed by atoms with Gasteiger partial charge >= 0.3 is 0 Å². The monoisotopic (exact) mass is 203 g/mol. The van der Waals surface area contributed by atoms with Crippen LogP contribution < -0.4 is 0 Å². The zero-order chi connectivity index (χ0) is 10.7. The first-order valence-corrected chi connectivity index (χ1v) is 5.34. The van der Waals surface area contributed by atoms with Crippen LogP contribution in [0.25, 0.3) is 10.9 Å². The second kappa shape index (κ2) is 4.39. The Labute approximate surface area is 89.0 Å². The maximum Gasteiger partial charge on any atom is 0.149 e. The van der Waals surface area contributed by atoms with Crippen LogP contribution in [0.4, 0.5) is 4.39 Å². The molecule has 0 aliphatic heterocycles. The van der Waals surface area contributed by atoms with Crippen molar-refractivity contribution in [3.8, 4) is 0 Å². The van der Waals surface area contributed by atoms with E-state index in [-0.39, 0.29) is 5.82 Å². The first-order chi connectivity index (χ1) is 7.31. The SMILES string of the molecule is CCCCc1cnc2c(F)cccc2c1. The highest BCUT2D eigenvalue weighted by Crippen LogP contribution is 2.17. The Balaban J connectivity index is 2.39. The lowest BCUT2D eigenvalue weighted by molar-refractivity contribution is 0.636. The fourth-order valence-electron chi connectivity index (χ4n) is 1.69. The number of para-hydroxylation sites is 1. The van der Waals surface area contributed by atoms with Gasteiger partial charge in [0, 0.05) is 11.6 Å². The molecule has 0 amide bonds. The molecule has 0 aliphatic rings. The van der Waals surface area contributed by atoms with Crippen LogP contribution >= 0.6 is 0 Å². The zero-order valence-electron chi connectivity index (χ0n) is 8.83.